The molecule has 2 aromatic carbocycles. The van der Waals surface area contributed by atoms with Crippen molar-refractivity contribution in [2.75, 3.05) is 19.7 Å². The smallest absolute Gasteiger partial charge is 0.243 e. The predicted octanol–water partition coefficient (Wildman–Crippen LogP) is 3.81. The Hall–Kier alpha value is -2.57. The number of hydrogen-bond acceptors (Lipinski definition) is 5. The Labute approximate surface area is 176 Å². The molecular weight excluding hydrogens is 390 g/mol. The van der Waals surface area contributed by atoms with E-state index in [1.165, 1.54) is 11.8 Å². The zero-order valence-electron chi connectivity index (χ0n) is 16.5. The maximum Gasteiger partial charge on any atom is 0.243 e. The van der Waals surface area contributed by atoms with Crippen molar-refractivity contribution in [1.82, 2.24) is 10.3 Å². The Kier molecular flexibility index (Phi) is 7.49. The van der Waals surface area contributed by atoms with Crippen LogP contribution in [0.3, 0.4) is 0 Å². The Morgan fingerprint density at radius 2 is 2.00 bits per heavy atom. The van der Waals surface area contributed by atoms with E-state index in [0.717, 1.165) is 37.5 Å². The SMILES string of the molecule is CCOc1ccc(/C=N/NC(=O)C2CCN(Cc3ccc(Cl)cc3)CC2)cc1O. The molecule has 3 rings (SSSR count). The summed E-state index contributed by atoms with van der Waals surface area (Å²) in [5, 5.41) is 14.7. The molecule has 6 nitrogen and oxygen atoms in total. The number of piperidine rings is 1. The van der Waals surface area contributed by atoms with Crippen LogP contribution in [0, 0.1) is 5.92 Å². The maximum absolute atomic E-state index is 12.4. The van der Waals surface area contributed by atoms with Gasteiger partial charge in [-0.05, 0) is 74.3 Å². The number of benzene rings is 2. The number of nitrogens with zero attached hydrogens (tertiary/aromatic N) is 2. The number of likely N-dealkylation sites (tertiary alicyclic amines) is 1. The highest BCUT2D eigenvalue weighted by molar-refractivity contribution is 6.30. The lowest BCUT2D eigenvalue weighted by atomic mass is 9.96. The van der Waals surface area contributed by atoms with E-state index in [1.807, 2.05) is 31.2 Å². The van der Waals surface area contributed by atoms with E-state index < -0.39 is 0 Å². The first kappa shape index (κ1) is 21.1. The molecule has 0 aromatic heterocycles. The number of phenols is 1. The lowest BCUT2D eigenvalue weighted by Gasteiger charge is -2.30. The molecule has 1 fully saturated rings. The molecule has 1 aliphatic heterocycles. The van der Waals surface area contributed by atoms with Crippen molar-refractivity contribution in [2.24, 2.45) is 11.0 Å². The molecule has 0 unspecified atom stereocenters. The van der Waals surface area contributed by atoms with Crippen molar-refractivity contribution < 1.29 is 14.6 Å². The second-order valence-electron chi connectivity index (χ2n) is 7.07. The van der Waals surface area contributed by atoms with E-state index in [1.54, 1.807) is 18.2 Å². The van der Waals surface area contributed by atoms with Crippen molar-refractivity contribution in [3.63, 3.8) is 0 Å². The number of amides is 1. The fourth-order valence-corrected chi connectivity index (χ4v) is 3.48. The number of ether oxygens (including phenoxy) is 1. The van der Waals surface area contributed by atoms with Crippen LogP contribution in [0.2, 0.25) is 5.02 Å². The number of rotatable bonds is 7. The van der Waals surface area contributed by atoms with Gasteiger partial charge < -0.3 is 9.84 Å². The number of hydrazone groups is 1. The number of hydrogen-bond donors (Lipinski definition) is 2. The van der Waals surface area contributed by atoms with Crippen LogP contribution >= 0.6 is 11.6 Å². The summed E-state index contributed by atoms with van der Waals surface area (Å²) in [4.78, 5) is 14.7. The van der Waals surface area contributed by atoms with Crippen LogP contribution in [0.4, 0.5) is 0 Å². The first-order chi connectivity index (χ1) is 14.0. The molecule has 7 heteroatoms. The minimum absolute atomic E-state index is 0.0395. The summed E-state index contributed by atoms with van der Waals surface area (Å²) in [6, 6.07) is 12.9. The van der Waals surface area contributed by atoms with Gasteiger partial charge in [-0.3, -0.25) is 9.69 Å². The molecule has 2 aromatic rings. The Morgan fingerprint density at radius 1 is 1.28 bits per heavy atom. The van der Waals surface area contributed by atoms with Gasteiger partial charge in [-0.2, -0.15) is 5.10 Å². The van der Waals surface area contributed by atoms with Crippen LogP contribution in [-0.2, 0) is 11.3 Å². The van der Waals surface area contributed by atoms with Crippen LogP contribution < -0.4 is 10.2 Å². The van der Waals surface area contributed by atoms with Crippen molar-refractivity contribution in [1.29, 1.82) is 0 Å². The number of halogens is 1. The second-order valence-corrected chi connectivity index (χ2v) is 7.51. The van der Waals surface area contributed by atoms with Crippen LogP contribution in [0.1, 0.15) is 30.9 Å². The largest absolute Gasteiger partial charge is 0.504 e. The third-order valence-corrected chi connectivity index (χ3v) is 5.20. The van der Waals surface area contributed by atoms with E-state index in [9.17, 15) is 9.90 Å². The molecule has 0 aliphatic carbocycles. The lowest BCUT2D eigenvalue weighted by Crippen LogP contribution is -2.39. The minimum atomic E-state index is -0.0671. The molecule has 2 N–H and O–H groups in total. The molecule has 1 amide bonds. The summed E-state index contributed by atoms with van der Waals surface area (Å²) in [5.74, 6) is 0.374. The third-order valence-electron chi connectivity index (χ3n) is 4.95. The highest BCUT2D eigenvalue weighted by Crippen LogP contribution is 2.26. The fourth-order valence-electron chi connectivity index (χ4n) is 3.36. The van der Waals surface area contributed by atoms with Crippen molar-refractivity contribution in [3.05, 3.63) is 58.6 Å². The van der Waals surface area contributed by atoms with Crippen molar-refractivity contribution in [3.8, 4) is 11.5 Å². The van der Waals surface area contributed by atoms with Gasteiger partial charge in [0.2, 0.25) is 5.91 Å². The number of nitrogens with one attached hydrogen (secondary N) is 1. The third kappa shape index (κ3) is 6.21. The molecule has 1 heterocycles. The van der Waals surface area contributed by atoms with Crippen LogP contribution in [-0.4, -0.2) is 41.8 Å². The Balaban J connectivity index is 1.44. The molecule has 154 valence electrons. The number of phenolic OH excluding ortho intramolecular Hbond substituents is 1. The summed E-state index contributed by atoms with van der Waals surface area (Å²) < 4.78 is 5.29. The Bertz CT molecular complexity index is 847. The molecule has 29 heavy (non-hydrogen) atoms. The zero-order chi connectivity index (χ0) is 20.6. The average molecular weight is 416 g/mol. The quantitative estimate of drug-likeness (QED) is 0.532. The summed E-state index contributed by atoms with van der Waals surface area (Å²) in [5.41, 5.74) is 4.52. The summed E-state index contributed by atoms with van der Waals surface area (Å²) >= 11 is 5.93. The Morgan fingerprint density at radius 3 is 2.66 bits per heavy atom. The van der Waals surface area contributed by atoms with Crippen LogP contribution in [0.5, 0.6) is 11.5 Å². The topological polar surface area (TPSA) is 74.2 Å². The average Bonchev–Trinajstić information content (AvgIpc) is 2.72. The normalized spacial score (nSPS) is 15.5. The van der Waals surface area contributed by atoms with Crippen molar-refractivity contribution in [2.45, 2.75) is 26.3 Å². The van der Waals surface area contributed by atoms with Gasteiger partial charge in [0.05, 0.1) is 12.8 Å². The van der Waals surface area contributed by atoms with Crippen LogP contribution in [0.15, 0.2) is 47.6 Å². The summed E-state index contributed by atoms with van der Waals surface area (Å²) in [6.07, 6.45) is 3.13. The number of carbonyl (C=O) groups excluding carboxylic acids is 1. The number of carbonyl (C=O) groups is 1. The minimum Gasteiger partial charge on any atom is -0.504 e. The van der Waals surface area contributed by atoms with Gasteiger partial charge in [0.15, 0.2) is 11.5 Å². The molecule has 0 radical (unpaired) electrons. The van der Waals surface area contributed by atoms with E-state index in [4.69, 9.17) is 16.3 Å². The molecular formula is C22H26ClN3O3. The highest BCUT2D eigenvalue weighted by Gasteiger charge is 2.24. The second kappa shape index (κ2) is 10.3. The molecule has 0 bridgehead atoms. The van der Waals surface area contributed by atoms with Gasteiger partial charge in [0.25, 0.3) is 0 Å². The molecule has 0 saturated carbocycles. The van der Waals surface area contributed by atoms with Gasteiger partial charge in [0.1, 0.15) is 0 Å². The van der Waals surface area contributed by atoms with Gasteiger partial charge in [0, 0.05) is 17.5 Å². The highest BCUT2D eigenvalue weighted by atomic mass is 35.5. The molecule has 1 aliphatic rings. The summed E-state index contributed by atoms with van der Waals surface area (Å²) in [6.45, 7) is 4.95. The first-order valence-electron chi connectivity index (χ1n) is 9.80. The zero-order valence-corrected chi connectivity index (χ0v) is 17.2. The van der Waals surface area contributed by atoms with Gasteiger partial charge in [-0.15, -0.1) is 0 Å². The molecule has 1 saturated heterocycles. The van der Waals surface area contributed by atoms with Gasteiger partial charge in [-0.25, -0.2) is 5.43 Å². The lowest BCUT2D eigenvalue weighted by molar-refractivity contribution is -0.126. The van der Waals surface area contributed by atoms with E-state index in [2.05, 4.69) is 15.4 Å². The monoisotopic (exact) mass is 415 g/mol. The van der Waals surface area contributed by atoms with Crippen molar-refractivity contribution >= 4 is 23.7 Å². The standard InChI is InChI=1S/C22H26ClN3O3/c1-2-29-21-8-5-17(13-20(21)27)14-24-25-22(28)18-9-11-26(12-10-18)15-16-3-6-19(23)7-4-16/h3-8,13-14,18,27H,2,9-12,15H2,1H3,(H,25,28)/b24-14+. The van der Waals surface area contributed by atoms with E-state index >= 15 is 0 Å². The maximum atomic E-state index is 12.4. The molecule has 0 spiro atoms. The summed E-state index contributed by atoms with van der Waals surface area (Å²) in [7, 11) is 0. The number of aromatic hydroxyl groups is 1. The van der Waals surface area contributed by atoms with E-state index in [-0.39, 0.29) is 17.6 Å². The molecule has 0 atom stereocenters. The fraction of sp³-hybridized carbons (Fsp3) is 0.364. The van der Waals surface area contributed by atoms with Crippen LogP contribution in [0.25, 0.3) is 0 Å². The predicted molar refractivity (Wildman–Crippen MR) is 114 cm³/mol. The van der Waals surface area contributed by atoms with Gasteiger partial charge in [-0.1, -0.05) is 23.7 Å². The van der Waals surface area contributed by atoms with Gasteiger partial charge >= 0.3 is 0 Å². The van der Waals surface area contributed by atoms with E-state index in [0.29, 0.717) is 17.9 Å². The first-order valence-corrected chi connectivity index (χ1v) is 10.2.